The van der Waals surface area contributed by atoms with Gasteiger partial charge in [-0.05, 0) is 27.9 Å². The Hall–Kier alpha value is -3.16. The maximum Gasteiger partial charge on any atom is 0.155 e. The molecule has 1 heterocycles. The Morgan fingerprint density at radius 2 is 0.862 bits per heavy atom. The van der Waals surface area contributed by atoms with Gasteiger partial charge in [0.1, 0.15) is 0 Å². The first-order valence-electron chi connectivity index (χ1n) is 10.3. The van der Waals surface area contributed by atoms with Crippen LogP contribution in [0.1, 0.15) is 17.5 Å². The van der Waals surface area contributed by atoms with E-state index < -0.39 is 8.07 Å². The third-order valence-corrected chi connectivity index (χ3v) is 11.8. The Labute approximate surface area is 174 Å². The van der Waals surface area contributed by atoms with E-state index in [-0.39, 0.29) is 5.04 Å². The first-order chi connectivity index (χ1) is 14.4. The highest BCUT2D eigenvalue weighted by Gasteiger charge is 2.57. The smallest absolute Gasteiger partial charge is 0.0907 e. The Morgan fingerprint density at radius 3 is 1.28 bits per heavy atom. The molecule has 0 amide bonds. The lowest BCUT2D eigenvalue weighted by Gasteiger charge is -2.46. The van der Waals surface area contributed by atoms with Crippen LogP contribution in [-0.4, -0.2) is 8.07 Å². The topological polar surface area (TPSA) is 0 Å². The SMILES string of the molecule is C1=C[Si](c2ccccc2)(c2ccccc2)C(c2ccccc2)(c2ccccc2)C1. The predicted octanol–water partition coefficient (Wildman–Crippen LogP) is 5.27. The molecule has 0 N–H and O–H groups in total. The number of allylic oxidation sites excluding steroid dienone is 1. The van der Waals surface area contributed by atoms with E-state index in [2.05, 4.69) is 133 Å². The van der Waals surface area contributed by atoms with Crippen molar-refractivity contribution in [2.24, 2.45) is 0 Å². The van der Waals surface area contributed by atoms with Crippen molar-refractivity contribution < 1.29 is 0 Å². The van der Waals surface area contributed by atoms with Gasteiger partial charge in [-0.2, -0.15) is 0 Å². The molecule has 29 heavy (non-hydrogen) atoms. The largest absolute Gasteiger partial charge is 0.155 e. The molecule has 1 heteroatoms. The van der Waals surface area contributed by atoms with Crippen LogP contribution in [0.4, 0.5) is 0 Å². The normalized spacial score (nSPS) is 16.6. The molecule has 1 aliphatic heterocycles. The van der Waals surface area contributed by atoms with Crippen LogP contribution >= 0.6 is 0 Å². The lowest BCUT2D eigenvalue weighted by molar-refractivity contribution is 0.729. The van der Waals surface area contributed by atoms with Crippen LogP contribution in [0.5, 0.6) is 0 Å². The van der Waals surface area contributed by atoms with E-state index in [4.69, 9.17) is 0 Å². The van der Waals surface area contributed by atoms with Gasteiger partial charge >= 0.3 is 0 Å². The summed E-state index contributed by atoms with van der Waals surface area (Å²) >= 11 is 0. The molecular weight excluding hydrogens is 364 g/mol. The molecule has 0 spiro atoms. The summed E-state index contributed by atoms with van der Waals surface area (Å²) in [6.45, 7) is 0. The molecule has 0 aromatic heterocycles. The molecule has 0 nitrogen and oxygen atoms in total. The van der Waals surface area contributed by atoms with Crippen molar-refractivity contribution in [3.05, 3.63) is 144 Å². The quantitative estimate of drug-likeness (QED) is 0.418. The fourth-order valence-corrected chi connectivity index (χ4v) is 10.9. The van der Waals surface area contributed by atoms with Crippen molar-refractivity contribution in [3.8, 4) is 0 Å². The fraction of sp³-hybridized carbons (Fsp3) is 0.0714. The van der Waals surface area contributed by atoms with Gasteiger partial charge in [0.15, 0.2) is 8.07 Å². The highest BCUT2D eigenvalue weighted by atomic mass is 28.3. The van der Waals surface area contributed by atoms with E-state index in [0.29, 0.717) is 0 Å². The van der Waals surface area contributed by atoms with Gasteiger partial charge in [-0.15, -0.1) is 0 Å². The van der Waals surface area contributed by atoms with E-state index in [1.165, 1.54) is 21.5 Å². The minimum atomic E-state index is -2.33. The minimum absolute atomic E-state index is 0.0712. The molecule has 0 atom stereocenters. The molecule has 0 saturated carbocycles. The Balaban J connectivity index is 1.91. The summed E-state index contributed by atoms with van der Waals surface area (Å²) in [5.74, 6) is 0. The molecule has 0 fully saturated rings. The molecule has 1 aliphatic rings. The lowest BCUT2D eigenvalue weighted by atomic mass is 9.87. The van der Waals surface area contributed by atoms with E-state index in [9.17, 15) is 0 Å². The van der Waals surface area contributed by atoms with Gasteiger partial charge in [0, 0.05) is 5.04 Å². The highest BCUT2D eigenvalue weighted by Crippen LogP contribution is 2.47. The average Bonchev–Trinajstić information content (AvgIpc) is 3.24. The van der Waals surface area contributed by atoms with Crippen LogP contribution in [0.15, 0.2) is 133 Å². The minimum Gasteiger partial charge on any atom is -0.0907 e. The zero-order chi connectivity index (χ0) is 19.6. The summed E-state index contributed by atoms with van der Waals surface area (Å²) in [7, 11) is -2.33. The Kier molecular flexibility index (Phi) is 4.53. The Bertz CT molecular complexity index is 1020. The van der Waals surface area contributed by atoms with Gasteiger partial charge < -0.3 is 0 Å². The van der Waals surface area contributed by atoms with Gasteiger partial charge in [0.25, 0.3) is 0 Å². The van der Waals surface area contributed by atoms with Crippen molar-refractivity contribution in [1.82, 2.24) is 0 Å². The van der Waals surface area contributed by atoms with Crippen LogP contribution in [0.25, 0.3) is 0 Å². The molecular formula is C28H24Si. The zero-order valence-corrected chi connectivity index (χ0v) is 17.4. The summed E-state index contributed by atoms with van der Waals surface area (Å²) in [4.78, 5) is 0. The molecule has 4 aromatic carbocycles. The summed E-state index contributed by atoms with van der Waals surface area (Å²) in [6.07, 6.45) is 3.46. The molecule has 5 rings (SSSR count). The van der Waals surface area contributed by atoms with Crippen LogP contribution < -0.4 is 10.4 Å². The standard InChI is InChI=1S/C28H24Si/c1-5-14-24(15-6-1)28(25-16-7-2-8-17-25)22-13-23-29(28,26-18-9-3-10-19-26)27-20-11-4-12-21-27/h1-21,23H,22H2. The van der Waals surface area contributed by atoms with Crippen LogP contribution in [0, 0.1) is 0 Å². The van der Waals surface area contributed by atoms with E-state index >= 15 is 0 Å². The fourth-order valence-electron chi connectivity index (χ4n) is 5.27. The van der Waals surface area contributed by atoms with Gasteiger partial charge in [-0.3, -0.25) is 0 Å². The van der Waals surface area contributed by atoms with E-state index in [1.807, 2.05) is 0 Å². The van der Waals surface area contributed by atoms with E-state index in [0.717, 1.165) is 6.42 Å². The van der Waals surface area contributed by atoms with Crippen molar-refractivity contribution >= 4 is 18.4 Å². The predicted molar refractivity (Wildman–Crippen MR) is 125 cm³/mol. The summed E-state index contributed by atoms with van der Waals surface area (Å²) in [5, 5.41) is 2.86. The monoisotopic (exact) mass is 388 g/mol. The third kappa shape index (κ3) is 2.66. The van der Waals surface area contributed by atoms with Crippen molar-refractivity contribution in [2.45, 2.75) is 11.5 Å². The number of rotatable bonds is 4. The van der Waals surface area contributed by atoms with Crippen LogP contribution in [-0.2, 0) is 5.04 Å². The molecule has 0 bridgehead atoms. The first kappa shape index (κ1) is 17.9. The van der Waals surface area contributed by atoms with Gasteiger partial charge in [0.2, 0.25) is 0 Å². The number of hydrogen-bond donors (Lipinski definition) is 0. The second-order valence-corrected chi connectivity index (χ2v) is 11.7. The molecule has 0 radical (unpaired) electrons. The lowest BCUT2D eigenvalue weighted by Crippen LogP contribution is -2.69. The summed E-state index contributed by atoms with van der Waals surface area (Å²) < 4.78 is 0. The molecule has 0 unspecified atom stereocenters. The van der Waals surface area contributed by atoms with Crippen LogP contribution in [0.2, 0.25) is 0 Å². The van der Waals surface area contributed by atoms with E-state index in [1.54, 1.807) is 0 Å². The zero-order valence-electron chi connectivity index (χ0n) is 16.4. The number of benzene rings is 4. The molecule has 0 aliphatic carbocycles. The molecule has 0 saturated heterocycles. The Morgan fingerprint density at radius 1 is 0.483 bits per heavy atom. The maximum atomic E-state index is 2.58. The van der Waals surface area contributed by atoms with Gasteiger partial charge in [-0.1, -0.05) is 133 Å². The second kappa shape index (κ2) is 7.34. The molecule has 140 valence electrons. The summed E-state index contributed by atoms with van der Waals surface area (Å²) in [5.41, 5.74) is 5.41. The van der Waals surface area contributed by atoms with Gasteiger partial charge in [0.05, 0.1) is 0 Å². The van der Waals surface area contributed by atoms with Crippen LogP contribution in [0.3, 0.4) is 0 Å². The van der Waals surface area contributed by atoms with Gasteiger partial charge in [-0.25, -0.2) is 0 Å². The average molecular weight is 389 g/mol. The van der Waals surface area contributed by atoms with Crippen molar-refractivity contribution in [1.29, 1.82) is 0 Å². The first-order valence-corrected chi connectivity index (χ1v) is 12.4. The summed E-state index contributed by atoms with van der Waals surface area (Å²) in [6, 6.07) is 44.7. The maximum absolute atomic E-state index is 2.58. The van der Waals surface area contributed by atoms with Crippen molar-refractivity contribution in [2.75, 3.05) is 0 Å². The third-order valence-electron chi connectivity index (χ3n) is 6.46. The van der Waals surface area contributed by atoms with Crippen molar-refractivity contribution in [3.63, 3.8) is 0 Å². The second-order valence-electron chi connectivity index (χ2n) is 7.78. The molecule has 4 aromatic rings. The number of hydrogen-bond acceptors (Lipinski definition) is 0. The highest BCUT2D eigenvalue weighted by molar-refractivity contribution is 7.08.